The highest BCUT2D eigenvalue weighted by molar-refractivity contribution is 8.00. The van der Waals surface area contributed by atoms with Gasteiger partial charge in [-0.2, -0.15) is 5.10 Å². The molecule has 0 saturated carbocycles. The van der Waals surface area contributed by atoms with Gasteiger partial charge in [-0.15, -0.1) is 11.8 Å². The molecule has 4 nitrogen and oxygen atoms in total. The lowest BCUT2D eigenvalue weighted by Gasteiger charge is -2.21. The Kier molecular flexibility index (Phi) is 4.33. The number of nitrogens with zero attached hydrogens (tertiary/aromatic N) is 2. The second-order valence-corrected chi connectivity index (χ2v) is 7.11. The first-order valence-corrected chi connectivity index (χ1v) is 8.30. The Morgan fingerprint density at radius 2 is 2.19 bits per heavy atom. The minimum Gasteiger partial charge on any atom is -0.271 e. The molecule has 1 aliphatic rings. The van der Waals surface area contributed by atoms with Crippen molar-refractivity contribution in [1.82, 2.24) is 15.2 Å². The Morgan fingerprint density at radius 1 is 1.38 bits per heavy atom. The van der Waals surface area contributed by atoms with Gasteiger partial charge in [0.15, 0.2) is 0 Å². The number of aromatic nitrogens is 2. The van der Waals surface area contributed by atoms with Gasteiger partial charge in [-0.3, -0.25) is 16.0 Å². The van der Waals surface area contributed by atoms with Crippen molar-refractivity contribution in [3.8, 4) is 0 Å². The molecule has 2 unspecified atom stereocenters. The Balaban J connectivity index is 1.69. The molecule has 112 valence electrons. The number of rotatable bonds is 5. The average Bonchev–Trinajstić information content (AvgIpc) is 3.11. The zero-order valence-electron chi connectivity index (χ0n) is 12.5. The fraction of sp³-hybridized carbons (Fsp3) is 0.438. The number of nitrogens with two attached hydrogens (primary N) is 1. The summed E-state index contributed by atoms with van der Waals surface area (Å²) in [7, 11) is 0. The van der Waals surface area contributed by atoms with Gasteiger partial charge in [-0.1, -0.05) is 18.2 Å². The van der Waals surface area contributed by atoms with Gasteiger partial charge in [0.05, 0.1) is 5.69 Å². The molecule has 1 aromatic carbocycles. The van der Waals surface area contributed by atoms with Crippen LogP contribution in [0, 0.1) is 0 Å². The zero-order chi connectivity index (χ0) is 14.8. The van der Waals surface area contributed by atoms with E-state index in [-0.39, 0.29) is 6.04 Å². The molecule has 0 amide bonds. The number of thioether (sulfide) groups is 1. The smallest absolute Gasteiger partial charge is 0.0641 e. The van der Waals surface area contributed by atoms with Crippen molar-refractivity contribution < 1.29 is 0 Å². The molecule has 0 aliphatic carbocycles. The first-order valence-electron chi connectivity index (χ1n) is 7.42. The summed E-state index contributed by atoms with van der Waals surface area (Å²) >= 11 is 1.92. The SMILES string of the molecule is CC(C)n1ccc(CC(NN)C2Cc3ccccc3S2)n1. The van der Waals surface area contributed by atoms with E-state index in [1.807, 2.05) is 22.6 Å². The van der Waals surface area contributed by atoms with Crippen LogP contribution in [0.4, 0.5) is 0 Å². The average molecular weight is 302 g/mol. The third-order valence-corrected chi connectivity index (χ3v) is 5.41. The normalized spacial score (nSPS) is 19.0. The summed E-state index contributed by atoms with van der Waals surface area (Å²) in [5, 5.41) is 5.10. The van der Waals surface area contributed by atoms with Crippen LogP contribution in [0.15, 0.2) is 41.4 Å². The zero-order valence-corrected chi connectivity index (χ0v) is 13.3. The summed E-state index contributed by atoms with van der Waals surface area (Å²) < 4.78 is 2.00. The van der Waals surface area contributed by atoms with E-state index in [0.29, 0.717) is 11.3 Å². The van der Waals surface area contributed by atoms with Gasteiger partial charge in [-0.25, -0.2) is 0 Å². The molecule has 1 aromatic heterocycles. The Labute approximate surface area is 130 Å². The molecule has 0 bridgehead atoms. The third kappa shape index (κ3) is 3.15. The number of hydrogen-bond acceptors (Lipinski definition) is 4. The van der Waals surface area contributed by atoms with Crippen molar-refractivity contribution >= 4 is 11.8 Å². The molecule has 2 atom stereocenters. The lowest BCUT2D eigenvalue weighted by molar-refractivity contribution is 0.486. The van der Waals surface area contributed by atoms with E-state index in [1.54, 1.807) is 0 Å². The summed E-state index contributed by atoms with van der Waals surface area (Å²) in [4.78, 5) is 1.38. The van der Waals surface area contributed by atoms with Crippen molar-refractivity contribution in [2.45, 2.75) is 48.9 Å². The Bertz CT molecular complexity index is 583. The van der Waals surface area contributed by atoms with Crippen molar-refractivity contribution in [3.63, 3.8) is 0 Å². The van der Waals surface area contributed by atoms with Gasteiger partial charge in [-0.05, 0) is 38.0 Å². The van der Waals surface area contributed by atoms with Gasteiger partial charge in [0.1, 0.15) is 0 Å². The highest BCUT2D eigenvalue weighted by Gasteiger charge is 2.29. The molecule has 0 fully saturated rings. The molecule has 2 heterocycles. The Hall–Kier alpha value is -1.30. The van der Waals surface area contributed by atoms with E-state index >= 15 is 0 Å². The van der Waals surface area contributed by atoms with Gasteiger partial charge in [0.2, 0.25) is 0 Å². The lowest BCUT2D eigenvalue weighted by Crippen LogP contribution is -2.44. The van der Waals surface area contributed by atoms with Gasteiger partial charge in [0, 0.05) is 34.8 Å². The predicted molar refractivity (Wildman–Crippen MR) is 87.2 cm³/mol. The summed E-state index contributed by atoms with van der Waals surface area (Å²) in [5.41, 5.74) is 5.53. The second kappa shape index (κ2) is 6.22. The third-order valence-electron chi connectivity index (χ3n) is 3.96. The molecule has 0 spiro atoms. The molecule has 1 aliphatic heterocycles. The van der Waals surface area contributed by atoms with Crippen LogP contribution < -0.4 is 11.3 Å². The molecule has 2 aromatic rings. The van der Waals surface area contributed by atoms with Crippen LogP contribution in [-0.4, -0.2) is 21.1 Å². The monoisotopic (exact) mass is 302 g/mol. The maximum absolute atomic E-state index is 5.80. The minimum absolute atomic E-state index is 0.234. The quantitative estimate of drug-likeness (QED) is 0.658. The summed E-state index contributed by atoms with van der Waals surface area (Å²) in [6, 6.07) is 11.3. The van der Waals surface area contributed by atoms with E-state index in [4.69, 9.17) is 5.84 Å². The number of benzene rings is 1. The van der Waals surface area contributed by atoms with Crippen LogP contribution in [0.1, 0.15) is 31.1 Å². The highest BCUT2D eigenvalue weighted by Crippen LogP contribution is 2.38. The molecule has 0 radical (unpaired) electrons. The van der Waals surface area contributed by atoms with Crippen LogP contribution in [0.25, 0.3) is 0 Å². The van der Waals surface area contributed by atoms with Crippen molar-refractivity contribution in [2.24, 2.45) is 5.84 Å². The number of nitrogens with one attached hydrogen (secondary N) is 1. The van der Waals surface area contributed by atoms with Crippen molar-refractivity contribution in [3.05, 3.63) is 47.8 Å². The molecule has 5 heteroatoms. The number of hydrogen-bond donors (Lipinski definition) is 2. The lowest BCUT2D eigenvalue weighted by atomic mass is 10.0. The fourth-order valence-corrected chi connectivity index (χ4v) is 4.12. The van der Waals surface area contributed by atoms with Crippen LogP contribution in [0.3, 0.4) is 0 Å². The van der Waals surface area contributed by atoms with E-state index in [2.05, 4.69) is 54.7 Å². The maximum Gasteiger partial charge on any atom is 0.0641 e. The summed E-state index contributed by atoms with van der Waals surface area (Å²) in [6.45, 7) is 4.28. The van der Waals surface area contributed by atoms with Crippen molar-refractivity contribution in [1.29, 1.82) is 0 Å². The molecule has 21 heavy (non-hydrogen) atoms. The fourth-order valence-electron chi connectivity index (χ4n) is 2.73. The van der Waals surface area contributed by atoms with Crippen LogP contribution >= 0.6 is 11.8 Å². The highest BCUT2D eigenvalue weighted by atomic mass is 32.2. The van der Waals surface area contributed by atoms with E-state index in [0.717, 1.165) is 18.5 Å². The molecule has 3 rings (SSSR count). The maximum atomic E-state index is 5.80. The number of hydrazine groups is 1. The van der Waals surface area contributed by atoms with Crippen LogP contribution in [0.2, 0.25) is 0 Å². The molecule has 3 N–H and O–H groups in total. The van der Waals surface area contributed by atoms with Gasteiger partial charge >= 0.3 is 0 Å². The standard InChI is InChI=1S/C16H22N4S/c1-11(2)20-8-7-13(19-20)10-14(18-17)16-9-12-5-3-4-6-15(12)21-16/h3-8,11,14,16,18H,9-10,17H2,1-2H3. The van der Waals surface area contributed by atoms with E-state index in [9.17, 15) is 0 Å². The van der Waals surface area contributed by atoms with Crippen LogP contribution in [0.5, 0.6) is 0 Å². The topological polar surface area (TPSA) is 55.9 Å². The van der Waals surface area contributed by atoms with E-state index in [1.165, 1.54) is 10.5 Å². The Morgan fingerprint density at radius 3 is 2.86 bits per heavy atom. The van der Waals surface area contributed by atoms with Crippen LogP contribution in [-0.2, 0) is 12.8 Å². The molecule has 0 saturated heterocycles. The minimum atomic E-state index is 0.234. The summed E-state index contributed by atoms with van der Waals surface area (Å²) in [5.74, 6) is 5.80. The first kappa shape index (κ1) is 14.6. The summed E-state index contributed by atoms with van der Waals surface area (Å²) in [6.07, 6.45) is 3.98. The predicted octanol–water partition coefficient (Wildman–Crippen LogP) is 2.56. The second-order valence-electron chi connectivity index (χ2n) is 5.83. The van der Waals surface area contributed by atoms with E-state index < -0.39 is 0 Å². The van der Waals surface area contributed by atoms with Gasteiger partial charge in [0.25, 0.3) is 0 Å². The first-order chi connectivity index (χ1) is 10.2. The number of fused-ring (bicyclic) bond motifs is 1. The van der Waals surface area contributed by atoms with Gasteiger partial charge < -0.3 is 0 Å². The molecular weight excluding hydrogens is 280 g/mol. The largest absolute Gasteiger partial charge is 0.271 e. The van der Waals surface area contributed by atoms with Crippen molar-refractivity contribution in [2.75, 3.05) is 0 Å². The molecular formula is C16H22N4S.